The Morgan fingerprint density at radius 3 is 2.32 bits per heavy atom. The molecule has 11 heteroatoms. The Hall–Kier alpha value is -4.74. The van der Waals surface area contributed by atoms with Crippen molar-refractivity contribution >= 4 is 29.1 Å². The number of benzene rings is 1. The van der Waals surface area contributed by atoms with Gasteiger partial charge in [-0.05, 0) is 29.9 Å². The average Bonchev–Trinajstić information content (AvgIpc) is 3.42. The third-order valence-corrected chi connectivity index (χ3v) is 5.20. The van der Waals surface area contributed by atoms with Gasteiger partial charge < -0.3 is 18.9 Å². The van der Waals surface area contributed by atoms with Crippen molar-refractivity contribution in [2.75, 3.05) is 6.61 Å². The number of rotatable bonds is 5. The van der Waals surface area contributed by atoms with Crippen molar-refractivity contribution in [1.82, 2.24) is 19.5 Å². The van der Waals surface area contributed by atoms with Crippen LogP contribution in [0.5, 0.6) is 0 Å². The summed E-state index contributed by atoms with van der Waals surface area (Å²) in [5.41, 5.74) is 1.87. The number of imidazole rings is 1. The predicted octanol–water partition coefficient (Wildman–Crippen LogP) is 1.55. The average molecular weight is 502 g/mol. The number of nitrogens with zero attached hydrogens (tertiary/aromatic N) is 4. The number of fused-ring (bicyclic) bond motifs is 1. The van der Waals surface area contributed by atoms with Crippen LogP contribution in [0.1, 0.15) is 38.3 Å². The second kappa shape index (κ2) is 11.3. The van der Waals surface area contributed by atoms with Gasteiger partial charge in [-0.25, -0.2) is 15.0 Å². The summed E-state index contributed by atoms with van der Waals surface area (Å²) in [7, 11) is 0. The summed E-state index contributed by atoms with van der Waals surface area (Å²) in [6.07, 6.45) is -1.27. The molecule has 188 valence electrons. The van der Waals surface area contributed by atoms with Crippen LogP contribution < -0.4 is 0 Å². The van der Waals surface area contributed by atoms with Gasteiger partial charge in [0.15, 0.2) is 24.1 Å². The first-order valence-corrected chi connectivity index (χ1v) is 11.2. The minimum absolute atomic E-state index is 0.222. The van der Waals surface area contributed by atoms with E-state index in [0.29, 0.717) is 16.9 Å². The van der Waals surface area contributed by atoms with E-state index < -0.39 is 42.4 Å². The molecule has 37 heavy (non-hydrogen) atoms. The highest BCUT2D eigenvalue weighted by molar-refractivity contribution is 5.77. The third-order valence-electron chi connectivity index (χ3n) is 5.20. The van der Waals surface area contributed by atoms with Crippen LogP contribution >= 0.6 is 0 Å². The monoisotopic (exact) mass is 502 g/mol. The van der Waals surface area contributed by atoms with Crippen molar-refractivity contribution in [2.45, 2.75) is 45.3 Å². The maximum absolute atomic E-state index is 11.9. The number of hydrogen-bond acceptors (Lipinski definition) is 10. The summed E-state index contributed by atoms with van der Waals surface area (Å²) in [6, 6.07) is 9.41. The second-order valence-corrected chi connectivity index (χ2v) is 7.93. The Bertz CT molecular complexity index is 1450. The molecule has 2 aromatic heterocycles. The molecule has 1 aliphatic rings. The lowest BCUT2D eigenvalue weighted by Crippen LogP contribution is -2.40. The number of carbonyl (C=O) groups is 3. The number of esters is 3. The molecule has 0 saturated carbocycles. The lowest BCUT2D eigenvalue weighted by molar-refractivity contribution is -0.166. The van der Waals surface area contributed by atoms with Gasteiger partial charge in [-0.1, -0.05) is 24.1 Å². The molecule has 0 radical (unpaired) electrons. The van der Waals surface area contributed by atoms with Crippen LogP contribution in [0.25, 0.3) is 11.2 Å². The molecule has 0 aliphatic carbocycles. The van der Waals surface area contributed by atoms with Crippen LogP contribution in [-0.4, -0.2) is 62.3 Å². The van der Waals surface area contributed by atoms with E-state index >= 15 is 0 Å². The minimum atomic E-state index is -1.07. The zero-order chi connectivity index (χ0) is 26.4. The van der Waals surface area contributed by atoms with Gasteiger partial charge >= 0.3 is 17.9 Å². The van der Waals surface area contributed by atoms with Crippen molar-refractivity contribution in [3.8, 4) is 23.7 Å². The van der Waals surface area contributed by atoms with Gasteiger partial charge in [0.05, 0.1) is 6.33 Å². The maximum Gasteiger partial charge on any atom is 0.303 e. The number of carbonyl (C=O) groups excluding carboxylic acids is 3. The second-order valence-electron chi connectivity index (χ2n) is 7.93. The zero-order valence-electron chi connectivity index (χ0n) is 20.2. The van der Waals surface area contributed by atoms with Crippen molar-refractivity contribution in [1.29, 1.82) is 0 Å². The van der Waals surface area contributed by atoms with Crippen LogP contribution in [-0.2, 0) is 33.3 Å². The van der Waals surface area contributed by atoms with E-state index in [0.717, 1.165) is 5.56 Å². The first kappa shape index (κ1) is 25.4. The summed E-state index contributed by atoms with van der Waals surface area (Å²) in [4.78, 5) is 47.9. The molecule has 1 aromatic carbocycles. The third kappa shape index (κ3) is 6.10. The van der Waals surface area contributed by atoms with Crippen molar-refractivity contribution in [2.24, 2.45) is 0 Å². The van der Waals surface area contributed by atoms with Gasteiger partial charge in [0, 0.05) is 26.3 Å². The van der Waals surface area contributed by atoms with Gasteiger partial charge in [-0.3, -0.25) is 19.0 Å². The van der Waals surface area contributed by atoms with Crippen molar-refractivity contribution in [3.05, 3.63) is 54.2 Å². The number of ether oxygens (including phenoxy) is 4. The van der Waals surface area contributed by atoms with Crippen LogP contribution in [0.15, 0.2) is 43.0 Å². The highest BCUT2D eigenvalue weighted by Crippen LogP contribution is 2.36. The molecule has 4 atom stereocenters. The number of hydrogen-bond donors (Lipinski definition) is 0. The molecule has 0 N–H and O–H groups in total. The molecule has 1 fully saturated rings. The van der Waals surface area contributed by atoms with Gasteiger partial charge in [-0.2, -0.15) is 0 Å². The predicted molar refractivity (Wildman–Crippen MR) is 127 cm³/mol. The maximum atomic E-state index is 11.9. The quantitative estimate of drug-likeness (QED) is 0.288. The molecule has 0 bridgehead atoms. The van der Waals surface area contributed by atoms with Crippen molar-refractivity contribution in [3.63, 3.8) is 0 Å². The van der Waals surface area contributed by atoms with Crippen LogP contribution in [0, 0.1) is 23.7 Å². The molecule has 3 heterocycles. The molecular weight excluding hydrogens is 480 g/mol. The smallest absolute Gasteiger partial charge is 0.303 e. The SMILES string of the molecule is CC(=O)OC[C@H]1O[C@@H](n2cnc3c(C#CC#Cc4ccccc4)ncnc32)[C@H](OC(C)=O)[C@@H]1OC(C)=O. The Kier molecular flexibility index (Phi) is 7.77. The summed E-state index contributed by atoms with van der Waals surface area (Å²) in [5.74, 6) is 9.58. The fourth-order valence-electron chi connectivity index (χ4n) is 3.76. The van der Waals surface area contributed by atoms with E-state index in [1.54, 1.807) is 0 Å². The van der Waals surface area contributed by atoms with Crippen molar-refractivity contribution < 1.29 is 33.3 Å². The molecule has 3 aromatic rings. The molecule has 0 amide bonds. The zero-order valence-corrected chi connectivity index (χ0v) is 20.2. The molecule has 1 saturated heterocycles. The van der Waals surface area contributed by atoms with E-state index in [-0.39, 0.29) is 6.61 Å². The van der Waals surface area contributed by atoms with Crippen LogP contribution in [0.3, 0.4) is 0 Å². The van der Waals surface area contributed by atoms with E-state index in [1.165, 1.54) is 38.0 Å². The Morgan fingerprint density at radius 1 is 0.919 bits per heavy atom. The fraction of sp³-hybridized carbons (Fsp3) is 0.308. The van der Waals surface area contributed by atoms with Gasteiger partial charge in [0.1, 0.15) is 30.2 Å². The first-order valence-electron chi connectivity index (χ1n) is 11.2. The first-order chi connectivity index (χ1) is 17.8. The Labute approximate surface area is 212 Å². The fourth-order valence-corrected chi connectivity index (χ4v) is 3.76. The van der Waals surface area contributed by atoms with Gasteiger partial charge in [0.25, 0.3) is 0 Å². The van der Waals surface area contributed by atoms with Crippen LogP contribution in [0.2, 0.25) is 0 Å². The van der Waals surface area contributed by atoms with E-state index in [9.17, 15) is 14.4 Å². The summed E-state index contributed by atoms with van der Waals surface area (Å²) >= 11 is 0. The minimum Gasteiger partial charge on any atom is -0.463 e. The number of aromatic nitrogens is 4. The lowest BCUT2D eigenvalue weighted by Gasteiger charge is -2.23. The molecule has 0 unspecified atom stereocenters. The topological polar surface area (TPSA) is 132 Å². The summed E-state index contributed by atoms with van der Waals surface area (Å²) in [5, 5.41) is 0. The summed E-state index contributed by atoms with van der Waals surface area (Å²) < 4.78 is 23.5. The largest absolute Gasteiger partial charge is 0.463 e. The van der Waals surface area contributed by atoms with E-state index in [1.807, 2.05) is 30.3 Å². The van der Waals surface area contributed by atoms with E-state index in [4.69, 9.17) is 18.9 Å². The highest BCUT2D eigenvalue weighted by Gasteiger charge is 2.51. The molecular formula is C26H22N4O7. The van der Waals surface area contributed by atoms with Crippen LogP contribution in [0.4, 0.5) is 0 Å². The van der Waals surface area contributed by atoms with E-state index in [2.05, 4.69) is 38.6 Å². The Balaban J connectivity index is 1.67. The normalized spacial score (nSPS) is 20.2. The van der Waals surface area contributed by atoms with Gasteiger partial charge in [0.2, 0.25) is 0 Å². The summed E-state index contributed by atoms with van der Waals surface area (Å²) in [6.45, 7) is 3.45. The molecule has 0 spiro atoms. The molecule has 4 rings (SSSR count). The standard InChI is InChI=1S/C26H22N4O7/c1-16(31)34-13-21-23(35-17(2)32)24(36-18(3)33)26(37-21)30-15-29-22-20(27-14-28-25(22)30)12-8-7-11-19-9-5-4-6-10-19/h4-6,9-10,14-15,21,23-24,26H,13H2,1-3H3/t21-,23-,24-,26-/m1/s1. The highest BCUT2D eigenvalue weighted by atomic mass is 16.7. The van der Waals surface area contributed by atoms with Gasteiger partial charge in [-0.15, -0.1) is 0 Å². The molecule has 1 aliphatic heterocycles. The molecule has 11 nitrogen and oxygen atoms in total. The lowest BCUT2D eigenvalue weighted by atomic mass is 10.1. The Morgan fingerprint density at radius 2 is 1.62 bits per heavy atom.